The van der Waals surface area contributed by atoms with E-state index >= 15 is 0 Å². The van der Waals surface area contributed by atoms with Crippen molar-refractivity contribution in [3.8, 4) is 5.69 Å². The zero-order chi connectivity index (χ0) is 23.8. The van der Waals surface area contributed by atoms with Gasteiger partial charge in [0.25, 0.3) is 0 Å². The molecule has 7 heteroatoms. The molecule has 5 nitrogen and oxygen atoms in total. The lowest BCUT2D eigenvalue weighted by atomic mass is 9.89. The number of rotatable bonds is 6. The Kier molecular flexibility index (Phi) is 6.54. The van der Waals surface area contributed by atoms with Gasteiger partial charge in [-0.1, -0.05) is 29.8 Å². The summed E-state index contributed by atoms with van der Waals surface area (Å²) in [6.45, 7) is 9.50. The van der Waals surface area contributed by atoms with E-state index in [-0.39, 0.29) is 17.9 Å². The van der Waals surface area contributed by atoms with Crippen molar-refractivity contribution < 1.29 is 9.18 Å². The standard InChI is InChI=1S/C27H32ClFN4O/c1-19(2)32-16-15-31(27(32)34)14-13-30-11-9-20(10-12-30)23-18-33(25-6-4-3-5-24(25)29)26-17-21(28)7-8-22(23)26/h3-8,17-20H,9-16H2,1-2H3. The highest BCUT2D eigenvalue weighted by Crippen LogP contribution is 2.37. The summed E-state index contributed by atoms with van der Waals surface area (Å²) in [7, 11) is 0. The maximum absolute atomic E-state index is 14.6. The van der Waals surface area contributed by atoms with Crippen LogP contribution in [0.4, 0.5) is 9.18 Å². The second-order valence-electron chi connectivity index (χ2n) is 9.74. The lowest BCUT2D eigenvalue weighted by Crippen LogP contribution is -2.41. The van der Waals surface area contributed by atoms with Gasteiger partial charge in [-0.15, -0.1) is 0 Å². The number of amides is 2. The quantitative estimate of drug-likeness (QED) is 0.448. The molecule has 2 fully saturated rings. The Hall–Kier alpha value is -2.57. The summed E-state index contributed by atoms with van der Waals surface area (Å²) in [5, 5.41) is 1.79. The Morgan fingerprint density at radius 3 is 2.50 bits per heavy atom. The number of likely N-dealkylation sites (tertiary alicyclic amines) is 1. The molecule has 3 aromatic rings. The molecule has 0 unspecified atom stereocenters. The molecular formula is C27H32ClFN4O. The molecule has 2 saturated heterocycles. The smallest absolute Gasteiger partial charge is 0.320 e. The Bertz CT molecular complexity index is 1180. The van der Waals surface area contributed by atoms with E-state index in [0.29, 0.717) is 16.6 Å². The molecule has 2 aliphatic rings. The molecule has 0 spiro atoms. The number of halogens is 2. The molecule has 5 rings (SSSR count). The van der Waals surface area contributed by atoms with Crippen molar-refractivity contribution in [2.24, 2.45) is 0 Å². The first-order chi connectivity index (χ1) is 16.4. The molecule has 34 heavy (non-hydrogen) atoms. The molecule has 2 aliphatic heterocycles. The summed E-state index contributed by atoms with van der Waals surface area (Å²) in [5.41, 5.74) is 2.75. The summed E-state index contributed by atoms with van der Waals surface area (Å²) in [4.78, 5) is 18.9. The number of nitrogens with zero attached hydrogens (tertiary/aromatic N) is 4. The average molecular weight is 483 g/mol. The minimum Gasteiger partial charge on any atom is -0.322 e. The molecule has 0 N–H and O–H groups in total. The van der Waals surface area contributed by atoms with Crippen LogP contribution in [0.5, 0.6) is 0 Å². The van der Waals surface area contributed by atoms with E-state index in [4.69, 9.17) is 11.6 Å². The molecule has 0 radical (unpaired) electrons. The first kappa shape index (κ1) is 23.2. The molecule has 180 valence electrons. The van der Waals surface area contributed by atoms with Gasteiger partial charge in [0, 0.05) is 48.8 Å². The normalized spacial score (nSPS) is 18.1. The van der Waals surface area contributed by atoms with Gasteiger partial charge >= 0.3 is 6.03 Å². The number of hydrogen-bond donors (Lipinski definition) is 0. The second-order valence-corrected chi connectivity index (χ2v) is 10.2. The number of carbonyl (C=O) groups is 1. The number of carbonyl (C=O) groups excluding carboxylic acids is 1. The lowest BCUT2D eigenvalue weighted by molar-refractivity contribution is 0.166. The van der Waals surface area contributed by atoms with Gasteiger partial charge in [0.15, 0.2) is 0 Å². The predicted octanol–water partition coefficient (Wildman–Crippen LogP) is 5.75. The minimum atomic E-state index is -0.242. The van der Waals surface area contributed by atoms with Gasteiger partial charge in [-0.2, -0.15) is 0 Å². The van der Waals surface area contributed by atoms with Crippen LogP contribution in [0.3, 0.4) is 0 Å². The molecule has 2 amide bonds. The molecule has 0 saturated carbocycles. The van der Waals surface area contributed by atoms with Crippen molar-refractivity contribution in [3.63, 3.8) is 0 Å². The molecule has 2 aromatic carbocycles. The fourth-order valence-corrected chi connectivity index (χ4v) is 5.58. The SMILES string of the molecule is CC(C)N1CCN(CCN2CCC(c3cn(-c4ccccc4F)c4cc(Cl)ccc34)CC2)C1=O. The number of aromatic nitrogens is 1. The molecule has 0 bridgehead atoms. The predicted molar refractivity (Wildman–Crippen MR) is 135 cm³/mol. The largest absolute Gasteiger partial charge is 0.322 e. The van der Waals surface area contributed by atoms with Crippen LogP contribution in [-0.2, 0) is 0 Å². The number of fused-ring (bicyclic) bond motifs is 1. The van der Waals surface area contributed by atoms with E-state index < -0.39 is 0 Å². The maximum Gasteiger partial charge on any atom is 0.320 e. The van der Waals surface area contributed by atoms with Crippen molar-refractivity contribution in [2.45, 2.75) is 38.6 Å². The van der Waals surface area contributed by atoms with Gasteiger partial charge in [0.1, 0.15) is 5.82 Å². The Balaban J connectivity index is 1.28. The van der Waals surface area contributed by atoms with E-state index in [1.54, 1.807) is 6.07 Å². The number of para-hydroxylation sites is 1. The first-order valence-electron chi connectivity index (χ1n) is 12.3. The van der Waals surface area contributed by atoms with E-state index in [1.807, 2.05) is 38.6 Å². The molecule has 0 atom stereocenters. The van der Waals surface area contributed by atoms with Crippen LogP contribution in [0.1, 0.15) is 38.2 Å². The summed E-state index contributed by atoms with van der Waals surface area (Å²) >= 11 is 6.31. The van der Waals surface area contributed by atoms with Crippen molar-refractivity contribution in [1.82, 2.24) is 19.3 Å². The van der Waals surface area contributed by atoms with Gasteiger partial charge in [0.2, 0.25) is 0 Å². The maximum atomic E-state index is 14.6. The third kappa shape index (κ3) is 4.41. The van der Waals surface area contributed by atoms with Gasteiger partial charge in [-0.3, -0.25) is 0 Å². The van der Waals surface area contributed by atoms with Gasteiger partial charge < -0.3 is 19.3 Å². The molecule has 0 aliphatic carbocycles. The second kappa shape index (κ2) is 9.59. The highest BCUT2D eigenvalue weighted by molar-refractivity contribution is 6.31. The van der Waals surface area contributed by atoms with Crippen molar-refractivity contribution in [1.29, 1.82) is 0 Å². The van der Waals surface area contributed by atoms with Crippen LogP contribution in [0.25, 0.3) is 16.6 Å². The van der Waals surface area contributed by atoms with Crippen LogP contribution in [0.2, 0.25) is 5.02 Å². The average Bonchev–Trinajstić information content (AvgIpc) is 3.38. The van der Waals surface area contributed by atoms with Crippen LogP contribution in [-0.4, -0.2) is 70.6 Å². The topological polar surface area (TPSA) is 31.7 Å². The number of piperidine rings is 1. The van der Waals surface area contributed by atoms with Crippen molar-refractivity contribution in [2.75, 3.05) is 39.3 Å². The highest BCUT2D eigenvalue weighted by Gasteiger charge is 2.31. The van der Waals surface area contributed by atoms with Gasteiger partial charge in [-0.25, -0.2) is 9.18 Å². The molecule has 3 heterocycles. The zero-order valence-electron chi connectivity index (χ0n) is 19.9. The fraction of sp³-hybridized carbons (Fsp3) is 0.444. The first-order valence-corrected chi connectivity index (χ1v) is 12.6. The number of hydrogen-bond acceptors (Lipinski definition) is 2. The van der Waals surface area contributed by atoms with Crippen molar-refractivity contribution in [3.05, 3.63) is 65.1 Å². The van der Waals surface area contributed by atoms with Crippen LogP contribution >= 0.6 is 11.6 Å². The molecule has 1 aromatic heterocycles. The Morgan fingerprint density at radius 2 is 1.79 bits per heavy atom. The van der Waals surface area contributed by atoms with Crippen LogP contribution < -0.4 is 0 Å². The van der Waals surface area contributed by atoms with Crippen molar-refractivity contribution >= 4 is 28.5 Å². The lowest BCUT2D eigenvalue weighted by Gasteiger charge is -2.33. The van der Waals surface area contributed by atoms with E-state index in [1.165, 1.54) is 11.6 Å². The van der Waals surface area contributed by atoms with Crippen LogP contribution in [0, 0.1) is 5.82 Å². The highest BCUT2D eigenvalue weighted by atomic mass is 35.5. The van der Waals surface area contributed by atoms with E-state index in [0.717, 1.165) is 63.0 Å². The summed E-state index contributed by atoms with van der Waals surface area (Å²) in [6, 6.07) is 13.2. The van der Waals surface area contributed by atoms with E-state index in [2.05, 4.69) is 31.0 Å². The number of benzene rings is 2. The monoisotopic (exact) mass is 482 g/mol. The molecular weight excluding hydrogens is 451 g/mol. The summed E-state index contributed by atoms with van der Waals surface area (Å²) < 4.78 is 16.6. The Morgan fingerprint density at radius 1 is 1.03 bits per heavy atom. The summed E-state index contributed by atoms with van der Waals surface area (Å²) in [6.07, 6.45) is 4.19. The summed E-state index contributed by atoms with van der Waals surface area (Å²) in [5.74, 6) is 0.172. The number of urea groups is 1. The third-order valence-electron chi connectivity index (χ3n) is 7.37. The van der Waals surface area contributed by atoms with Gasteiger partial charge in [0.05, 0.1) is 11.2 Å². The third-order valence-corrected chi connectivity index (χ3v) is 7.61. The Labute approximate surface area is 205 Å². The fourth-order valence-electron chi connectivity index (χ4n) is 5.42. The zero-order valence-corrected chi connectivity index (χ0v) is 20.6. The minimum absolute atomic E-state index is 0.171. The van der Waals surface area contributed by atoms with E-state index in [9.17, 15) is 9.18 Å². The van der Waals surface area contributed by atoms with Gasteiger partial charge in [-0.05, 0) is 75.5 Å². The van der Waals surface area contributed by atoms with Crippen LogP contribution in [0.15, 0.2) is 48.7 Å².